The van der Waals surface area contributed by atoms with E-state index in [1.165, 1.54) is 23.1 Å². The van der Waals surface area contributed by atoms with Gasteiger partial charge in [0.25, 0.3) is 5.91 Å². The number of carbonyl (C=O) groups is 2. The minimum absolute atomic E-state index is 0.00597. The van der Waals surface area contributed by atoms with Crippen LogP contribution in [0.1, 0.15) is 16.9 Å². The van der Waals surface area contributed by atoms with Crippen LogP contribution in [-0.4, -0.2) is 42.8 Å². The van der Waals surface area contributed by atoms with Crippen LogP contribution in [0.2, 0.25) is 0 Å². The first-order valence-corrected chi connectivity index (χ1v) is 9.46. The van der Waals surface area contributed by atoms with Crippen LogP contribution in [0.5, 0.6) is 5.75 Å². The molecule has 3 rings (SSSR count). The molecule has 1 atom stereocenters. The monoisotopic (exact) mass is 363 g/mol. The largest absolute Gasteiger partial charge is 0.497 e. The minimum atomic E-state index is -0.235. The number of hydrogen-bond donors (Lipinski definition) is 1. The van der Waals surface area contributed by atoms with E-state index < -0.39 is 0 Å². The number of aromatic nitrogens is 1. The van der Waals surface area contributed by atoms with E-state index in [0.29, 0.717) is 12.2 Å². The molecule has 1 aromatic heterocycles. The molecule has 0 spiro atoms. The maximum Gasteiger partial charge on any atom is 0.271 e. The second-order valence-corrected chi connectivity index (χ2v) is 7.19. The number of carbonyl (C=O) groups excluding carboxylic acids is 2. The highest BCUT2D eigenvalue weighted by Gasteiger charge is 2.32. The number of nitrogens with zero attached hydrogens (tertiary/aromatic N) is 2. The highest BCUT2D eigenvalue weighted by atomic mass is 32.2. The highest BCUT2D eigenvalue weighted by molar-refractivity contribution is 8.00. The Morgan fingerprint density at radius 1 is 1.42 bits per heavy atom. The Bertz CT molecular complexity index is 745. The Balaban J connectivity index is 1.64. The molecule has 8 heteroatoms. The summed E-state index contributed by atoms with van der Waals surface area (Å²) in [5.74, 6) is 0.498. The molecule has 0 saturated carbocycles. The van der Waals surface area contributed by atoms with Crippen LogP contribution in [0.25, 0.3) is 0 Å². The van der Waals surface area contributed by atoms with Gasteiger partial charge in [0.1, 0.15) is 15.8 Å². The van der Waals surface area contributed by atoms with Gasteiger partial charge in [-0.05, 0) is 30.5 Å². The quantitative estimate of drug-likeness (QED) is 0.826. The molecule has 2 heterocycles. The summed E-state index contributed by atoms with van der Waals surface area (Å²) in [6.45, 7) is 0.455. The van der Waals surface area contributed by atoms with E-state index >= 15 is 0 Å². The first-order valence-electron chi connectivity index (χ1n) is 7.35. The standard InChI is InChI=1S/C16H17N3O3S2/c1-22-12-5-3-11(4-6-12)19-8-10(7-14(19)20)17-15(21)13-9-24-16(18-13)23-2/h3-6,9-10H,7-8H2,1-2H3,(H,17,21)/t10-/m0/s1. The zero-order chi connectivity index (χ0) is 17.1. The van der Waals surface area contributed by atoms with Gasteiger partial charge in [-0.15, -0.1) is 11.3 Å². The highest BCUT2D eigenvalue weighted by Crippen LogP contribution is 2.24. The van der Waals surface area contributed by atoms with Gasteiger partial charge in [-0.25, -0.2) is 4.98 Å². The van der Waals surface area contributed by atoms with Crippen molar-refractivity contribution in [1.29, 1.82) is 0 Å². The Hall–Kier alpha value is -2.06. The van der Waals surface area contributed by atoms with Gasteiger partial charge in [0.05, 0.1) is 13.2 Å². The summed E-state index contributed by atoms with van der Waals surface area (Å²) in [5, 5.41) is 4.63. The summed E-state index contributed by atoms with van der Waals surface area (Å²) < 4.78 is 5.97. The zero-order valence-electron chi connectivity index (χ0n) is 13.3. The van der Waals surface area contributed by atoms with Gasteiger partial charge in [0.2, 0.25) is 5.91 Å². The lowest BCUT2D eigenvalue weighted by Gasteiger charge is -2.17. The molecule has 0 bridgehead atoms. The fraction of sp³-hybridized carbons (Fsp3) is 0.312. The van der Waals surface area contributed by atoms with Crippen molar-refractivity contribution in [3.63, 3.8) is 0 Å². The lowest BCUT2D eigenvalue weighted by molar-refractivity contribution is -0.117. The maximum absolute atomic E-state index is 12.2. The lowest BCUT2D eigenvalue weighted by Crippen LogP contribution is -2.37. The summed E-state index contributed by atoms with van der Waals surface area (Å²) in [6, 6.07) is 7.09. The lowest BCUT2D eigenvalue weighted by atomic mass is 10.2. The predicted molar refractivity (Wildman–Crippen MR) is 95.1 cm³/mol. The van der Waals surface area contributed by atoms with Crippen LogP contribution >= 0.6 is 23.1 Å². The van der Waals surface area contributed by atoms with Gasteiger partial charge < -0.3 is 15.0 Å². The molecule has 1 N–H and O–H groups in total. The van der Waals surface area contributed by atoms with Crippen LogP contribution < -0.4 is 15.0 Å². The normalized spacial score (nSPS) is 17.2. The number of rotatable bonds is 5. The Kier molecular flexibility index (Phi) is 5.06. The van der Waals surface area contributed by atoms with E-state index in [2.05, 4.69) is 10.3 Å². The first-order chi connectivity index (χ1) is 11.6. The third-order valence-electron chi connectivity index (χ3n) is 3.73. The van der Waals surface area contributed by atoms with E-state index in [9.17, 15) is 9.59 Å². The Morgan fingerprint density at radius 3 is 2.79 bits per heavy atom. The molecular formula is C16H17N3O3S2. The van der Waals surface area contributed by atoms with E-state index in [4.69, 9.17) is 4.74 Å². The third kappa shape index (κ3) is 3.54. The van der Waals surface area contributed by atoms with Gasteiger partial charge >= 0.3 is 0 Å². The number of amides is 2. The molecule has 0 radical (unpaired) electrons. The van der Waals surface area contributed by atoms with Gasteiger partial charge in [-0.2, -0.15) is 0 Å². The molecule has 0 unspecified atom stereocenters. The minimum Gasteiger partial charge on any atom is -0.497 e. The van der Waals surface area contributed by atoms with Crippen molar-refractivity contribution in [2.75, 3.05) is 24.8 Å². The van der Waals surface area contributed by atoms with Crippen molar-refractivity contribution >= 4 is 40.6 Å². The van der Waals surface area contributed by atoms with Gasteiger partial charge in [-0.3, -0.25) is 9.59 Å². The fourth-order valence-corrected chi connectivity index (χ4v) is 3.77. The molecule has 24 heavy (non-hydrogen) atoms. The summed E-state index contributed by atoms with van der Waals surface area (Å²) in [4.78, 5) is 30.4. The smallest absolute Gasteiger partial charge is 0.271 e. The molecule has 0 aliphatic carbocycles. The molecule has 1 aliphatic heterocycles. The first kappa shape index (κ1) is 16.8. The number of anilines is 1. The van der Waals surface area contributed by atoms with Crippen molar-refractivity contribution < 1.29 is 14.3 Å². The number of nitrogens with one attached hydrogen (secondary N) is 1. The molecule has 1 aliphatic rings. The number of thioether (sulfide) groups is 1. The number of benzene rings is 1. The molecular weight excluding hydrogens is 346 g/mol. The summed E-state index contributed by atoms with van der Waals surface area (Å²) in [7, 11) is 1.60. The zero-order valence-corrected chi connectivity index (χ0v) is 14.9. The van der Waals surface area contributed by atoms with Crippen LogP contribution in [0.3, 0.4) is 0 Å². The molecule has 1 fully saturated rings. The van der Waals surface area contributed by atoms with Crippen LogP contribution in [-0.2, 0) is 4.79 Å². The molecule has 1 aromatic carbocycles. The Labute approximate surface area is 148 Å². The summed E-state index contributed by atoms with van der Waals surface area (Å²) >= 11 is 2.94. The number of ether oxygens (including phenoxy) is 1. The second-order valence-electron chi connectivity index (χ2n) is 5.28. The fourth-order valence-electron chi connectivity index (χ4n) is 2.53. The van der Waals surface area contributed by atoms with Crippen LogP contribution in [0, 0.1) is 0 Å². The van der Waals surface area contributed by atoms with Crippen molar-refractivity contribution in [1.82, 2.24) is 10.3 Å². The number of methoxy groups -OCH3 is 1. The number of hydrogen-bond acceptors (Lipinski definition) is 6. The molecule has 2 aromatic rings. The van der Waals surface area contributed by atoms with Crippen molar-refractivity contribution in [2.45, 2.75) is 16.8 Å². The van der Waals surface area contributed by atoms with Crippen LogP contribution in [0.4, 0.5) is 5.69 Å². The number of thiazole rings is 1. The maximum atomic E-state index is 12.2. The molecule has 1 saturated heterocycles. The van der Waals surface area contributed by atoms with Crippen molar-refractivity contribution in [3.8, 4) is 5.75 Å². The van der Waals surface area contributed by atoms with Gasteiger partial charge in [0, 0.05) is 24.0 Å². The molecule has 6 nitrogen and oxygen atoms in total. The second kappa shape index (κ2) is 7.23. The predicted octanol–water partition coefficient (Wildman–Crippen LogP) is 2.41. The SMILES string of the molecule is COc1ccc(N2C[C@@H](NC(=O)c3csc(SC)n3)CC2=O)cc1. The van der Waals surface area contributed by atoms with Gasteiger partial charge in [-0.1, -0.05) is 11.8 Å². The van der Waals surface area contributed by atoms with E-state index in [1.807, 2.05) is 30.5 Å². The van der Waals surface area contributed by atoms with Crippen molar-refractivity contribution in [3.05, 3.63) is 35.3 Å². The summed E-state index contributed by atoms with van der Waals surface area (Å²) in [5.41, 5.74) is 1.20. The van der Waals surface area contributed by atoms with Gasteiger partial charge in [0.15, 0.2) is 0 Å². The van der Waals surface area contributed by atoms with E-state index in [1.54, 1.807) is 17.4 Å². The molecule has 2 amide bonds. The third-order valence-corrected chi connectivity index (χ3v) is 5.60. The Morgan fingerprint density at radius 2 is 2.17 bits per heavy atom. The van der Waals surface area contributed by atoms with Crippen LogP contribution in [0.15, 0.2) is 34.0 Å². The average molecular weight is 363 g/mol. The van der Waals surface area contributed by atoms with E-state index in [0.717, 1.165) is 15.8 Å². The topological polar surface area (TPSA) is 71.5 Å². The van der Waals surface area contributed by atoms with Crippen molar-refractivity contribution in [2.24, 2.45) is 0 Å². The van der Waals surface area contributed by atoms with E-state index in [-0.39, 0.29) is 24.3 Å². The summed E-state index contributed by atoms with van der Waals surface area (Å²) in [6.07, 6.45) is 2.21. The average Bonchev–Trinajstić information content (AvgIpc) is 3.21. The molecule has 126 valence electrons.